The Balaban J connectivity index is 2.17. The first kappa shape index (κ1) is 15.5. The highest BCUT2D eigenvalue weighted by molar-refractivity contribution is 14.1. The van der Waals surface area contributed by atoms with Crippen molar-refractivity contribution in [3.8, 4) is 0 Å². The molecule has 0 bridgehead atoms. The number of rotatable bonds is 3. The molecule has 1 saturated carbocycles. The smallest absolute Gasteiger partial charge is 0.0542 e. The standard InChI is InChI=1S/C15H22ClIN2/c1-9-3-4-11(7-10(9)2)15(19-18)12-5-6-14(17)13(16)8-12/h5-6,8-11,15,19H,3-4,7,18H2,1-2H3. The van der Waals surface area contributed by atoms with Crippen molar-refractivity contribution in [2.45, 2.75) is 39.2 Å². The average Bonchev–Trinajstić information content (AvgIpc) is 2.39. The maximum absolute atomic E-state index is 6.23. The Morgan fingerprint density at radius 3 is 2.63 bits per heavy atom. The molecule has 0 aromatic heterocycles. The zero-order chi connectivity index (χ0) is 14.0. The molecule has 1 fully saturated rings. The SMILES string of the molecule is CC1CCC(C(NN)c2ccc(I)c(Cl)c2)CC1C. The summed E-state index contributed by atoms with van der Waals surface area (Å²) in [4.78, 5) is 0. The summed E-state index contributed by atoms with van der Waals surface area (Å²) in [6, 6.07) is 6.47. The molecule has 19 heavy (non-hydrogen) atoms. The number of nitrogens with two attached hydrogens (primary N) is 1. The Labute approximate surface area is 134 Å². The van der Waals surface area contributed by atoms with E-state index in [0.717, 1.165) is 20.4 Å². The van der Waals surface area contributed by atoms with Crippen molar-refractivity contribution in [2.75, 3.05) is 0 Å². The van der Waals surface area contributed by atoms with Gasteiger partial charge in [0.1, 0.15) is 0 Å². The molecule has 4 unspecified atom stereocenters. The lowest BCUT2D eigenvalue weighted by Crippen LogP contribution is -2.36. The second-order valence-corrected chi connectivity index (χ2v) is 7.41. The summed E-state index contributed by atoms with van der Waals surface area (Å²) in [7, 11) is 0. The second-order valence-electron chi connectivity index (χ2n) is 5.85. The molecular weight excluding hydrogens is 371 g/mol. The normalized spacial score (nSPS) is 29.2. The van der Waals surface area contributed by atoms with Crippen LogP contribution >= 0.6 is 34.2 Å². The third kappa shape index (κ3) is 3.63. The van der Waals surface area contributed by atoms with Crippen molar-refractivity contribution in [2.24, 2.45) is 23.6 Å². The molecule has 0 aliphatic heterocycles. The van der Waals surface area contributed by atoms with Crippen LogP contribution in [0.3, 0.4) is 0 Å². The highest BCUT2D eigenvalue weighted by Gasteiger charge is 2.30. The minimum Gasteiger partial charge on any atom is -0.271 e. The van der Waals surface area contributed by atoms with Crippen LogP contribution in [-0.4, -0.2) is 0 Å². The zero-order valence-corrected chi connectivity index (χ0v) is 14.4. The van der Waals surface area contributed by atoms with E-state index in [1.165, 1.54) is 24.8 Å². The van der Waals surface area contributed by atoms with Gasteiger partial charge in [0.15, 0.2) is 0 Å². The van der Waals surface area contributed by atoms with Crippen molar-refractivity contribution >= 4 is 34.2 Å². The van der Waals surface area contributed by atoms with Crippen LogP contribution in [0.1, 0.15) is 44.7 Å². The van der Waals surface area contributed by atoms with Crippen LogP contribution in [0.2, 0.25) is 5.02 Å². The molecule has 1 aromatic carbocycles. The molecule has 0 heterocycles. The second kappa shape index (κ2) is 6.74. The van der Waals surface area contributed by atoms with Gasteiger partial charge in [0.2, 0.25) is 0 Å². The van der Waals surface area contributed by atoms with Crippen LogP contribution in [0.5, 0.6) is 0 Å². The van der Waals surface area contributed by atoms with Gasteiger partial charge in [0.05, 0.1) is 5.02 Å². The Bertz CT molecular complexity index is 438. The summed E-state index contributed by atoms with van der Waals surface area (Å²) < 4.78 is 1.09. The molecule has 0 radical (unpaired) electrons. The van der Waals surface area contributed by atoms with Crippen molar-refractivity contribution < 1.29 is 0 Å². The van der Waals surface area contributed by atoms with E-state index in [1.54, 1.807) is 0 Å². The molecule has 0 spiro atoms. The third-order valence-corrected chi connectivity index (χ3v) is 6.16. The highest BCUT2D eigenvalue weighted by Crippen LogP contribution is 2.40. The van der Waals surface area contributed by atoms with Gasteiger partial charge in [0, 0.05) is 9.61 Å². The van der Waals surface area contributed by atoms with E-state index in [2.05, 4.69) is 60.1 Å². The predicted octanol–water partition coefficient (Wildman–Crippen LogP) is 4.52. The number of hydrogen-bond donors (Lipinski definition) is 2. The first-order valence-electron chi connectivity index (χ1n) is 6.94. The van der Waals surface area contributed by atoms with Gasteiger partial charge in [-0.05, 0) is 70.9 Å². The van der Waals surface area contributed by atoms with E-state index in [-0.39, 0.29) is 6.04 Å². The number of halogens is 2. The Morgan fingerprint density at radius 2 is 2.05 bits per heavy atom. The molecule has 4 atom stereocenters. The summed E-state index contributed by atoms with van der Waals surface area (Å²) in [6.07, 6.45) is 3.77. The van der Waals surface area contributed by atoms with E-state index in [1.807, 2.05) is 0 Å². The fourth-order valence-corrected chi connectivity index (χ4v) is 3.63. The Kier molecular flexibility index (Phi) is 5.52. The molecular formula is C15H22ClIN2. The van der Waals surface area contributed by atoms with Crippen LogP contribution < -0.4 is 11.3 Å². The predicted molar refractivity (Wildman–Crippen MR) is 89.9 cm³/mol. The van der Waals surface area contributed by atoms with Gasteiger partial charge in [-0.15, -0.1) is 0 Å². The zero-order valence-electron chi connectivity index (χ0n) is 11.5. The first-order chi connectivity index (χ1) is 9.02. The minimum absolute atomic E-state index is 0.212. The molecule has 2 nitrogen and oxygen atoms in total. The van der Waals surface area contributed by atoms with Crippen molar-refractivity contribution in [3.05, 3.63) is 32.4 Å². The number of hydrazine groups is 1. The van der Waals surface area contributed by atoms with Crippen molar-refractivity contribution in [1.82, 2.24) is 5.43 Å². The van der Waals surface area contributed by atoms with Gasteiger partial charge in [-0.3, -0.25) is 11.3 Å². The molecule has 4 heteroatoms. The van der Waals surface area contributed by atoms with Gasteiger partial charge in [-0.1, -0.05) is 37.9 Å². The molecule has 106 valence electrons. The number of nitrogens with one attached hydrogen (secondary N) is 1. The quantitative estimate of drug-likeness (QED) is 0.451. The van der Waals surface area contributed by atoms with Crippen molar-refractivity contribution in [1.29, 1.82) is 0 Å². The first-order valence-corrected chi connectivity index (χ1v) is 8.39. The number of hydrogen-bond acceptors (Lipinski definition) is 2. The van der Waals surface area contributed by atoms with Crippen LogP contribution in [0.15, 0.2) is 18.2 Å². The van der Waals surface area contributed by atoms with E-state index in [9.17, 15) is 0 Å². The van der Waals surface area contributed by atoms with Gasteiger partial charge in [0.25, 0.3) is 0 Å². The molecule has 0 saturated heterocycles. The third-order valence-electron chi connectivity index (χ3n) is 4.59. The topological polar surface area (TPSA) is 38.0 Å². The van der Waals surface area contributed by atoms with Gasteiger partial charge < -0.3 is 0 Å². The molecule has 3 N–H and O–H groups in total. The molecule has 1 aliphatic rings. The van der Waals surface area contributed by atoms with Crippen LogP contribution in [0.25, 0.3) is 0 Å². The summed E-state index contributed by atoms with van der Waals surface area (Å²) in [5, 5.41) is 0.815. The molecule has 0 amide bonds. The lowest BCUT2D eigenvalue weighted by Gasteiger charge is -2.36. The fourth-order valence-electron chi connectivity index (χ4n) is 3.10. The fraction of sp³-hybridized carbons (Fsp3) is 0.600. The molecule has 1 aromatic rings. The van der Waals surface area contributed by atoms with E-state index in [4.69, 9.17) is 17.4 Å². The van der Waals surface area contributed by atoms with Gasteiger partial charge in [-0.25, -0.2) is 0 Å². The van der Waals surface area contributed by atoms with Gasteiger partial charge >= 0.3 is 0 Å². The number of benzene rings is 1. The summed E-state index contributed by atoms with van der Waals surface area (Å²) in [5.41, 5.74) is 4.22. The maximum atomic E-state index is 6.23. The van der Waals surface area contributed by atoms with Crippen LogP contribution in [-0.2, 0) is 0 Å². The van der Waals surface area contributed by atoms with E-state index < -0.39 is 0 Å². The Hall–Kier alpha value is 0.160. The largest absolute Gasteiger partial charge is 0.271 e. The van der Waals surface area contributed by atoms with E-state index >= 15 is 0 Å². The molecule has 1 aliphatic carbocycles. The van der Waals surface area contributed by atoms with E-state index in [0.29, 0.717) is 5.92 Å². The summed E-state index contributed by atoms with van der Waals surface area (Å²) in [5.74, 6) is 8.01. The average molecular weight is 393 g/mol. The summed E-state index contributed by atoms with van der Waals surface area (Å²) >= 11 is 8.48. The summed E-state index contributed by atoms with van der Waals surface area (Å²) in [6.45, 7) is 4.71. The Morgan fingerprint density at radius 1 is 1.32 bits per heavy atom. The van der Waals surface area contributed by atoms with Gasteiger partial charge in [-0.2, -0.15) is 0 Å². The van der Waals surface area contributed by atoms with Crippen LogP contribution in [0.4, 0.5) is 0 Å². The minimum atomic E-state index is 0.212. The highest BCUT2D eigenvalue weighted by atomic mass is 127. The monoisotopic (exact) mass is 392 g/mol. The van der Waals surface area contributed by atoms with Crippen molar-refractivity contribution in [3.63, 3.8) is 0 Å². The lowest BCUT2D eigenvalue weighted by atomic mass is 9.72. The maximum Gasteiger partial charge on any atom is 0.0542 e. The molecule has 2 rings (SSSR count). The van der Waals surface area contributed by atoms with Crippen LogP contribution in [0, 0.1) is 21.3 Å². The lowest BCUT2D eigenvalue weighted by molar-refractivity contribution is 0.171.